The van der Waals surface area contributed by atoms with Crippen LogP contribution in [0.3, 0.4) is 0 Å². The Morgan fingerprint density at radius 2 is 1.92 bits per heavy atom. The van der Waals surface area contributed by atoms with Gasteiger partial charge >= 0.3 is 0 Å². The van der Waals surface area contributed by atoms with Gasteiger partial charge in [0.25, 0.3) is 0 Å². The van der Waals surface area contributed by atoms with Gasteiger partial charge in [-0.3, -0.25) is 9.69 Å². The standard InChI is InChI=1S/C23H29NO/c1-17-11-12-19-15-20(7-4-6-18(19)14-17)23(25)21-8-5-13-24(16-21)22-9-2-3-10-22/h4,6,11-12,14-15,21-22H,2-3,5,7-10,13,16H2,1H3. The minimum Gasteiger partial charge on any atom is -0.300 e. The molecule has 25 heavy (non-hydrogen) atoms. The fraction of sp³-hybridized carbons (Fsp3) is 0.522. The summed E-state index contributed by atoms with van der Waals surface area (Å²) >= 11 is 0. The van der Waals surface area contributed by atoms with Crippen LogP contribution >= 0.6 is 0 Å². The van der Waals surface area contributed by atoms with Gasteiger partial charge in [0.1, 0.15) is 0 Å². The van der Waals surface area contributed by atoms with Gasteiger partial charge in [0.05, 0.1) is 0 Å². The molecule has 1 heterocycles. The molecule has 3 aliphatic rings. The van der Waals surface area contributed by atoms with Gasteiger partial charge in [-0.05, 0) is 68.3 Å². The number of nitrogens with zero attached hydrogens (tertiary/aromatic N) is 1. The molecular formula is C23H29NO. The first-order chi connectivity index (χ1) is 12.2. The molecule has 1 saturated heterocycles. The van der Waals surface area contributed by atoms with Crippen LogP contribution in [0.5, 0.6) is 0 Å². The molecular weight excluding hydrogens is 306 g/mol. The SMILES string of the molecule is Cc1ccc2c(c1)C=CCC(C(=O)C1CCCN(C3CCCC3)C1)=C2. The zero-order valence-corrected chi connectivity index (χ0v) is 15.3. The smallest absolute Gasteiger partial charge is 0.163 e. The van der Waals surface area contributed by atoms with E-state index in [9.17, 15) is 4.79 Å². The number of fused-ring (bicyclic) bond motifs is 1. The summed E-state index contributed by atoms with van der Waals surface area (Å²) in [7, 11) is 0. The van der Waals surface area contributed by atoms with Gasteiger partial charge in [-0.2, -0.15) is 0 Å². The quantitative estimate of drug-likeness (QED) is 0.773. The van der Waals surface area contributed by atoms with Gasteiger partial charge < -0.3 is 0 Å². The van der Waals surface area contributed by atoms with E-state index in [0.717, 1.165) is 31.0 Å². The van der Waals surface area contributed by atoms with Crippen molar-refractivity contribution in [3.05, 3.63) is 46.5 Å². The maximum Gasteiger partial charge on any atom is 0.163 e. The van der Waals surface area contributed by atoms with Crippen molar-refractivity contribution in [2.75, 3.05) is 13.1 Å². The maximum atomic E-state index is 13.2. The molecule has 2 fully saturated rings. The van der Waals surface area contributed by atoms with Crippen LogP contribution in [0, 0.1) is 12.8 Å². The number of carbonyl (C=O) groups excluding carboxylic acids is 1. The second-order valence-corrected chi connectivity index (χ2v) is 8.05. The van der Waals surface area contributed by atoms with Crippen molar-refractivity contribution in [2.24, 2.45) is 5.92 Å². The molecule has 0 spiro atoms. The normalized spacial score (nSPS) is 24.7. The number of hydrogen-bond donors (Lipinski definition) is 0. The maximum absolute atomic E-state index is 13.2. The summed E-state index contributed by atoms with van der Waals surface area (Å²) in [5.41, 5.74) is 4.69. The number of Topliss-reactive ketones (excluding diaryl/α,β-unsaturated/α-hetero) is 1. The van der Waals surface area contributed by atoms with Crippen molar-refractivity contribution in [1.82, 2.24) is 4.90 Å². The van der Waals surface area contributed by atoms with Crippen LogP contribution in [-0.4, -0.2) is 29.8 Å². The second-order valence-electron chi connectivity index (χ2n) is 8.05. The van der Waals surface area contributed by atoms with E-state index in [1.807, 2.05) is 0 Å². The lowest BCUT2D eigenvalue weighted by Gasteiger charge is -2.36. The van der Waals surface area contributed by atoms with Crippen LogP contribution in [-0.2, 0) is 4.79 Å². The fourth-order valence-corrected chi connectivity index (χ4v) is 4.78. The van der Waals surface area contributed by atoms with Crippen molar-refractivity contribution in [1.29, 1.82) is 0 Å². The number of allylic oxidation sites excluding steroid dienone is 2. The predicted octanol–water partition coefficient (Wildman–Crippen LogP) is 5.02. The van der Waals surface area contributed by atoms with Crippen LogP contribution in [0.25, 0.3) is 12.2 Å². The molecule has 0 radical (unpaired) electrons. The van der Waals surface area contributed by atoms with Crippen molar-refractivity contribution in [3.8, 4) is 0 Å². The van der Waals surface area contributed by atoms with E-state index in [0.29, 0.717) is 5.78 Å². The molecule has 1 aromatic carbocycles. The molecule has 0 bridgehead atoms. The molecule has 2 heteroatoms. The molecule has 1 atom stereocenters. The number of aryl methyl sites for hydroxylation is 1. The number of piperidine rings is 1. The molecule has 2 nitrogen and oxygen atoms in total. The van der Waals surface area contributed by atoms with E-state index in [1.165, 1.54) is 55.3 Å². The molecule has 4 rings (SSSR count). The summed E-state index contributed by atoms with van der Waals surface area (Å²) in [4.78, 5) is 15.8. The van der Waals surface area contributed by atoms with E-state index >= 15 is 0 Å². The van der Waals surface area contributed by atoms with Crippen molar-refractivity contribution < 1.29 is 4.79 Å². The number of carbonyl (C=O) groups is 1. The van der Waals surface area contributed by atoms with E-state index in [4.69, 9.17) is 0 Å². The van der Waals surface area contributed by atoms with Crippen LogP contribution in [0.15, 0.2) is 29.8 Å². The Morgan fingerprint density at radius 3 is 2.76 bits per heavy atom. The number of rotatable bonds is 3. The van der Waals surface area contributed by atoms with Gasteiger partial charge in [-0.1, -0.05) is 48.8 Å². The molecule has 1 aromatic rings. The molecule has 1 saturated carbocycles. The van der Waals surface area contributed by atoms with Gasteiger partial charge in [0, 0.05) is 18.5 Å². The number of likely N-dealkylation sites (tertiary alicyclic amines) is 1. The molecule has 0 amide bonds. The molecule has 1 aliphatic heterocycles. The molecule has 2 aliphatic carbocycles. The summed E-state index contributed by atoms with van der Waals surface area (Å²) in [5, 5.41) is 0. The highest BCUT2D eigenvalue weighted by Crippen LogP contribution is 2.31. The van der Waals surface area contributed by atoms with Gasteiger partial charge in [0.15, 0.2) is 5.78 Å². The highest BCUT2D eigenvalue weighted by atomic mass is 16.1. The third-order valence-electron chi connectivity index (χ3n) is 6.19. The second kappa shape index (κ2) is 7.29. The summed E-state index contributed by atoms with van der Waals surface area (Å²) in [6.45, 7) is 4.29. The first kappa shape index (κ1) is 16.8. The zero-order chi connectivity index (χ0) is 17.2. The van der Waals surface area contributed by atoms with Crippen molar-refractivity contribution in [2.45, 2.75) is 57.9 Å². The average Bonchev–Trinajstić information content (AvgIpc) is 3.09. The Hall–Kier alpha value is -1.67. The van der Waals surface area contributed by atoms with E-state index in [1.54, 1.807) is 0 Å². The van der Waals surface area contributed by atoms with Gasteiger partial charge in [0.2, 0.25) is 0 Å². The van der Waals surface area contributed by atoms with E-state index in [-0.39, 0.29) is 5.92 Å². The number of benzene rings is 1. The average molecular weight is 335 g/mol. The monoisotopic (exact) mass is 335 g/mol. The fourth-order valence-electron chi connectivity index (χ4n) is 4.78. The topological polar surface area (TPSA) is 20.3 Å². The summed E-state index contributed by atoms with van der Waals surface area (Å²) in [6.07, 6.45) is 14.9. The first-order valence-electron chi connectivity index (χ1n) is 9.97. The lowest BCUT2D eigenvalue weighted by Crippen LogP contribution is -2.43. The Bertz CT molecular complexity index is 709. The van der Waals surface area contributed by atoms with Crippen molar-refractivity contribution in [3.63, 3.8) is 0 Å². The number of ketones is 1. The van der Waals surface area contributed by atoms with Gasteiger partial charge in [-0.15, -0.1) is 0 Å². The Labute approximate surface area is 151 Å². The lowest BCUT2D eigenvalue weighted by atomic mass is 9.87. The Morgan fingerprint density at radius 1 is 1.08 bits per heavy atom. The molecule has 0 N–H and O–H groups in total. The lowest BCUT2D eigenvalue weighted by molar-refractivity contribution is -0.121. The predicted molar refractivity (Wildman–Crippen MR) is 104 cm³/mol. The minimum absolute atomic E-state index is 0.195. The summed E-state index contributed by atoms with van der Waals surface area (Å²) in [6, 6.07) is 7.23. The molecule has 0 aromatic heterocycles. The van der Waals surface area contributed by atoms with Crippen LogP contribution < -0.4 is 0 Å². The minimum atomic E-state index is 0.195. The molecule has 1 unspecified atom stereocenters. The van der Waals surface area contributed by atoms with Crippen molar-refractivity contribution >= 4 is 17.9 Å². The largest absolute Gasteiger partial charge is 0.300 e. The summed E-state index contributed by atoms with van der Waals surface area (Å²) < 4.78 is 0. The van der Waals surface area contributed by atoms with Crippen LogP contribution in [0.4, 0.5) is 0 Å². The highest BCUT2D eigenvalue weighted by molar-refractivity contribution is 6.02. The Balaban J connectivity index is 1.52. The number of hydrogen-bond acceptors (Lipinski definition) is 2. The van der Waals surface area contributed by atoms with E-state index in [2.05, 4.69) is 48.3 Å². The van der Waals surface area contributed by atoms with Gasteiger partial charge in [-0.25, -0.2) is 0 Å². The summed E-state index contributed by atoms with van der Waals surface area (Å²) in [5.74, 6) is 0.585. The van der Waals surface area contributed by atoms with Crippen LogP contribution in [0.1, 0.15) is 61.6 Å². The Kier molecular flexibility index (Phi) is 4.89. The first-order valence-corrected chi connectivity index (χ1v) is 9.97. The highest BCUT2D eigenvalue weighted by Gasteiger charge is 2.32. The van der Waals surface area contributed by atoms with E-state index < -0.39 is 0 Å². The van der Waals surface area contributed by atoms with Crippen LogP contribution in [0.2, 0.25) is 0 Å². The zero-order valence-electron chi connectivity index (χ0n) is 15.3. The third kappa shape index (κ3) is 3.64. The third-order valence-corrected chi connectivity index (χ3v) is 6.19. The molecule has 132 valence electrons.